The normalized spacial score (nSPS) is 15.5. The molecule has 0 amide bonds. The molecule has 4 heteroatoms. The second-order valence-electron chi connectivity index (χ2n) is 4.32. The van der Waals surface area contributed by atoms with E-state index in [0.717, 1.165) is 16.0 Å². The molecule has 0 unspecified atom stereocenters. The van der Waals surface area contributed by atoms with Crippen molar-refractivity contribution >= 4 is 35.2 Å². The topological polar surface area (TPSA) is 26.3 Å². The van der Waals surface area contributed by atoms with E-state index in [9.17, 15) is 4.79 Å². The summed E-state index contributed by atoms with van der Waals surface area (Å²) >= 11 is 7.49. The number of ether oxygens (including phenoxy) is 1. The zero-order valence-corrected chi connectivity index (χ0v) is 12.3. The van der Waals surface area contributed by atoms with Gasteiger partial charge in [-0.1, -0.05) is 35.5 Å². The Morgan fingerprint density at radius 3 is 2.75 bits per heavy atom. The van der Waals surface area contributed by atoms with Crippen LogP contribution in [-0.2, 0) is 0 Å². The van der Waals surface area contributed by atoms with Crippen LogP contribution in [0.15, 0.2) is 52.3 Å². The number of hydrogen-bond donors (Lipinski definition) is 0. The molecule has 1 aliphatic heterocycles. The van der Waals surface area contributed by atoms with E-state index in [1.807, 2.05) is 30.3 Å². The fraction of sp³-hybridized carbons (Fsp3) is 0.0625. The molecule has 0 spiro atoms. The van der Waals surface area contributed by atoms with Crippen LogP contribution in [0.2, 0.25) is 5.02 Å². The van der Waals surface area contributed by atoms with E-state index in [1.54, 1.807) is 25.3 Å². The summed E-state index contributed by atoms with van der Waals surface area (Å²) < 4.78 is 5.30. The van der Waals surface area contributed by atoms with E-state index in [0.29, 0.717) is 15.7 Å². The number of ketones is 1. The van der Waals surface area contributed by atoms with Gasteiger partial charge in [-0.05, 0) is 36.4 Å². The maximum Gasteiger partial charge on any atom is 0.200 e. The smallest absolute Gasteiger partial charge is 0.200 e. The number of Topliss-reactive ketones (excluding diaryl/α,β-unsaturated/α-hetero) is 1. The third-order valence-electron chi connectivity index (χ3n) is 3.05. The number of thioether (sulfide) groups is 1. The van der Waals surface area contributed by atoms with Crippen molar-refractivity contribution in [3.63, 3.8) is 0 Å². The van der Waals surface area contributed by atoms with Crippen molar-refractivity contribution in [1.29, 1.82) is 0 Å². The Morgan fingerprint density at radius 1 is 1.20 bits per heavy atom. The molecule has 3 rings (SSSR count). The molecule has 2 nitrogen and oxygen atoms in total. The monoisotopic (exact) mass is 302 g/mol. The van der Waals surface area contributed by atoms with Gasteiger partial charge in [0.15, 0.2) is 0 Å². The van der Waals surface area contributed by atoms with Gasteiger partial charge >= 0.3 is 0 Å². The van der Waals surface area contributed by atoms with Gasteiger partial charge in [0.05, 0.1) is 12.0 Å². The summed E-state index contributed by atoms with van der Waals surface area (Å²) in [7, 11) is 1.60. The minimum absolute atomic E-state index is 0.0487. The predicted octanol–water partition coefficient (Wildman–Crippen LogP) is 4.68. The Bertz CT molecular complexity index is 722. The lowest BCUT2D eigenvalue weighted by Crippen LogP contribution is -1.94. The number of carbonyl (C=O) groups is 1. The van der Waals surface area contributed by atoms with Crippen LogP contribution >= 0.6 is 23.4 Å². The molecule has 0 atom stereocenters. The molecular weight excluding hydrogens is 292 g/mol. The van der Waals surface area contributed by atoms with E-state index >= 15 is 0 Å². The number of methoxy groups -OCH3 is 1. The fourth-order valence-electron chi connectivity index (χ4n) is 2.10. The highest BCUT2D eigenvalue weighted by Gasteiger charge is 2.25. The quantitative estimate of drug-likeness (QED) is 0.754. The summed E-state index contributed by atoms with van der Waals surface area (Å²) in [5.74, 6) is 0.749. The largest absolute Gasteiger partial charge is 0.496 e. The van der Waals surface area contributed by atoms with E-state index in [1.165, 1.54) is 11.8 Å². The van der Waals surface area contributed by atoms with E-state index in [2.05, 4.69) is 0 Å². The SMILES string of the molecule is COc1ccc(Cl)cc1C=C1Sc2ccccc2C1=O. The van der Waals surface area contributed by atoms with Gasteiger partial charge in [0.1, 0.15) is 5.75 Å². The number of allylic oxidation sites excluding steroid dienone is 1. The van der Waals surface area contributed by atoms with Crippen LogP contribution in [-0.4, -0.2) is 12.9 Å². The van der Waals surface area contributed by atoms with Gasteiger partial charge in [-0.25, -0.2) is 0 Å². The maximum absolute atomic E-state index is 12.3. The van der Waals surface area contributed by atoms with Crippen LogP contribution in [0.5, 0.6) is 5.75 Å². The summed E-state index contributed by atoms with van der Waals surface area (Å²) in [4.78, 5) is 14.0. The zero-order valence-electron chi connectivity index (χ0n) is 10.7. The van der Waals surface area contributed by atoms with Crippen molar-refractivity contribution in [3.8, 4) is 5.75 Å². The third-order valence-corrected chi connectivity index (χ3v) is 4.39. The van der Waals surface area contributed by atoms with Crippen LogP contribution < -0.4 is 4.74 Å². The first-order valence-corrected chi connectivity index (χ1v) is 7.25. The first-order chi connectivity index (χ1) is 9.69. The van der Waals surface area contributed by atoms with E-state index in [4.69, 9.17) is 16.3 Å². The summed E-state index contributed by atoms with van der Waals surface area (Å²) in [5, 5.41) is 0.616. The molecule has 0 saturated carbocycles. The molecule has 0 saturated heterocycles. The molecule has 0 N–H and O–H groups in total. The highest BCUT2D eigenvalue weighted by atomic mass is 35.5. The van der Waals surface area contributed by atoms with Gasteiger partial charge < -0.3 is 4.74 Å². The van der Waals surface area contributed by atoms with Crippen molar-refractivity contribution in [1.82, 2.24) is 0 Å². The molecule has 1 aliphatic rings. The fourth-order valence-corrected chi connectivity index (χ4v) is 3.32. The van der Waals surface area contributed by atoms with Gasteiger partial charge in [-0.3, -0.25) is 4.79 Å². The van der Waals surface area contributed by atoms with Gasteiger partial charge in [-0.2, -0.15) is 0 Å². The predicted molar refractivity (Wildman–Crippen MR) is 82.6 cm³/mol. The minimum atomic E-state index is 0.0487. The number of hydrogen-bond acceptors (Lipinski definition) is 3. The number of carbonyl (C=O) groups excluding carboxylic acids is 1. The molecule has 0 radical (unpaired) electrons. The van der Waals surface area contributed by atoms with Crippen molar-refractivity contribution in [3.05, 3.63) is 63.5 Å². The third kappa shape index (κ3) is 2.35. The first kappa shape index (κ1) is 13.3. The highest BCUT2D eigenvalue weighted by Crippen LogP contribution is 2.41. The molecule has 0 bridgehead atoms. The molecule has 0 fully saturated rings. The van der Waals surface area contributed by atoms with Crippen molar-refractivity contribution < 1.29 is 9.53 Å². The second kappa shape index (κ2) is 5.35. The summed E-state index contributed by atoms with van der Waals surface area (Å²) in [6.07, 6.45) is 1.83. The summed E-state index contributed by atoms with van der Waals surface area (Å²) in [6, 6.07) is 13.0. The van der Waals surface area contributed by atoms with Crippen LogP contribution in [0, 0.1) is 0 Å². The van der Waals surface area contributed by atoms with Crippen molar-refractivity contribution in [2.24, 2.45) is 0 Å². The summed E-state index contributed by atoms with van der Waals surface area (Å²) in [6.45, 7) is 0. The average molecular weight is 303 g/mol. The first-order valence-electron chi connectivity index (χ1n) is 6.06. The van der Waals surface area contributed by atoms with Gasteiger partial charge in [0.25, 0.3) is 0 Å². The molecule has 0 aliphatic carbocycles. The second-order valence-corrected chi connectivity index (χ2v) is 5.84. The minimum Gasteiger partial charge on any atom is -0.496 e. The van der Waals surface area contributed by atoms with Crippen LogP contribution in [0.1, 0.15) is 15.9 Å². The van der Waals surface area contributed by atoms with Gasteiger partial charge in [0.2, 0.25) is 5.78 Å². The maximum atomic E-state index is 12.3. The van der Waals surface area contributed by atoms with Crippen LogP contribution in [0.4, 0.5) is 0 Å². The van der Waals surface area contributed by atoms with E-state index < -0.39 is 0 Å². The molecule has 2 aromatic carbocycles. The number of benzene rings is 2. The molecule has 20 heavy (non-hydrogen) atoms. The number of fused-ring (bicyclic) bond motifs is 1. The van der Waals surface area contributed by atoms with Crippen LogP contribution in [0.25, 0.3) is 6.08 Å². The molecule has 100 valence electrons. The Labute approximate surface area is 126 Å². The highest BCUT2D eigenvalue weighted by molar-refractivity contribution is 8.04. The molecule has 1 heterocycles. The lowest BCUT2D eigenvalue weighted by atomic mass is 10.1. The molecule has 2 aromatic rings. The Morgan fingerprint density at radius 2 is 2.00 bits per heavy atom. The van der Waals surface area contributed by atoms with Crippen molar-refractivity contribution in [2.75, 3.05) is 7.11 Å². The lowest BCUT2D eigenvalue weighted by molar-refractivity contribution is 0.104. The Kier molecular flexibility index (Phi) is 3.55. The zero-order chi connectivity index (χ0) is 14.1. The number of halogens is 1. The van der Waals surface area contributed by atoms with E-state index in [-0.39, 0.29) is 5.78 Å². The number of rotatable bonds is 2. The lowest BCUT2D eigenvalue weighted by Gasteiger charge is -2.05. The Hall–Kier alpha value is -1.71. The van der Waals surface area contributed by atoms with Crippen LogP contribution in [0.3, 0.4) is 0 Å². The Balaban J connectivity index is 2.03. The van der Waals surface area contributed by atoms with Gasteiger partial charge in [-0.15, -0.1) is 0 Å². The average Bonchev–Trinajstić information content (AvgIpc) is 2.76. The molecule has 0 aromatic heterocycles. The summed E-state index contributed by atoms with van der Waals surface area (Å²) in [5.41, 5.74) is 1.56. The van der Waals surface area contributed by atoms with Gasteiger partial charge in [0, 0.05) is 21.0 Å². The van der Waals surface area contributed by atoms with Crippen molar-refractivity contribution in [2.45, 2.75) is 4.90 Å². The molecular formula is C16H11ClO2S. The standard InChI is InChI=1S/C16H11ClO2S/c1-19-13-7-6-11(17)8-10(13)9-15-16(18)12-4-2-3-5-14(12)20-15/h2-9H,1H3.